The van der Waals surface area contributed by atoms with E-state index >= 15 is 0 Å². The van der Waals surface area contributed by atoms with Crippen LogP contribution < -0.4 is 0 Å². The number of hydrogen-bond donors (Lipinski definition) is 1. The van der Waals surface area contributed by atoms with Crippen molar-refractivity contribution in [2.24, 2.45) is 0 Å². The van der Waals surface area contributed by atoms with Crippen LogP contribution in [0.3, 0.4) is 0 Å². The minimum atomic E-state index is -0.1000. The van der Waals surface area contributed by atoms with Crippen molar-refractivity contribution in [3.05, 3.63) is 29.3 Å². The molecule has 0 saturated heterocycles. The Morgan fingerprint density at radius 2 is 2.00 bits per heavy atom. The van der Waals surface area contributed by atoms with E-state index in [0.29, 0.717) is 5.56 Å². The summed E-state index contributed by atoms with van der Waals surface area (Å²) in [5, 5.41) is 9.76. The molecule has 0 heterocycles. The molecule has 3 nitrogen and oxygen atoms in total. The van der Waals surface area contributed by atoms with E-state index in [2.05, 4.69) is 0 Å². The van der Waals surface area contributed by atoms with Crippen LogP contribution in [0.4, 0.5) is 0 Å². The molecule has 1 aromatic rings. The number of rotatable bonds is 5. The largest absolute Gasteiger partial charge is 0.507 e. The smallest absolute Gasteiger partial charge is 0.176 e. The number of carbonyl (C=O) groups excluding carboxylic acids is 1. The van der Waals surface area contributed by atoms with E-state index in [1.54, 1.807) is 12.1 Å². The van der Waals surface area contributed by atoms with Crippen LogP contribution in [0.5, 0.6) is 5.75 Å². The summed E-state index contributed by atoms with van der Waals surface area (Å²) in [7, 11) is 0. The van der Waals surface area contributed by atoms with E-state index < -0.39 is 0 Å². The van der Waals surface area contributed by atoms with E-state index in [1.807, 2.05) is 31.7 Å². The molecule has 0 fully saturated rings. The highest BCUT2D eigenvalue weighted by Gasteiger charge is 2.14. The van der Waals surface area contributed by atoms with Crippen molar-refractivity contribution in [1.82, 2.24) is 4.90 Å². The molecule has 1 aromatic carbocycles. The van der Waals surface area contributed by atoms with Gasteiger partial charge in [-0.15, -0.1) is 0 Å². The molecule has 1 rings (SSSR count). The van der Waals surface area contributed by atoms with E-state index in [-0.39, 0.29) is 17.3 Å². The normalized spacial score (nSPS) is 10.3. The summed E-state index contributed by atoms with van der Waals surface area (Å²) in [5.41, 5.74) is 1.29. The molecule has 0 bridgehead atoms. The van der Waals surface area contributed by atoms with Crippen molar-refractivity contribution >= 4 is 34.1 Å². The van der Waals surface area contributed by atoms with Gasteiger partial charge in [-0.05, 0) is 38.5 Å². The highest BCUT2D eigenvalue weighted by atomic mass is 32.2. The Morgan fingerprint density at radius 1 is 1.37 bits per heavy atom. The van der Waals surface area contributed by atoms with Crippen molar-refractivity contribution in [3.63, 3.8) is 0 Å². The number of Topliss-reactive ketones (excluding diaryl/α,β-unsaturated/α-hetero) is 1. The van der Waals surface area contributed by atoms with Gasteiger partial charge < -0.3 is 10.0 Å². The summed E-state index contributed by atoms with van der Waals surface area (Å²) in [6.45, 7) is 7.62. The summed E-state index contributed by atoms with van der Waals surface area (Å²) in [5.74, 6) is 0.197. The number of benzene rings is 1. The van der Waals surface area contributed by atoms with Gasteiger partial charge in [-0.1, -0.05) is 30.0 Å². The maximum atomic E-state index is 12.0. The molecule has 104 valence electrons. The van der Waals surface area contributed by atoms with E-state index in [9.17, 15) is 9.90 Å². The van der Waals surface area contributed by atoms with E-state index in [4.69, 9.17) is 12.2 Å². The third-order valence-electron chi connectivity index (χ3n) is 2.80. The first-order valence-corrected chi connectivity index (χ1v) is 7.63. The lowest BCUT2D eigenvalue weighted by Gasteiger charge is -2.20. The number of thiocarbonyl (C=S) groups is 1. The highest BCUT2D eigenvalue weighted by molar-refractivity contribution is 8.23. The van der Waals surface area contributed by atoms with Crippen molar-refractivity contribution in [2.75, 3.05) is 18.8 Å². The van der Waals surface area contributed by atoms with Crippen molar-refractivity contribution in [3.8, 4) is 5.75 Å². The molecular weight excluding hydrogens is 278 g/mol. The average Bonchev–Trinajstić information content (AvgIpc) is 2.37. The van der Waals surface area contributed by atoms with E-state index in [0.717, 1.165) is 23.0 Å². The second-order valence-corrected chi connectivity index (χ2v) is 5.78. The zero-order valence-corrected chi connectivity index (χ0v) is 13.1. The number of aromatic hydroxyl groups is 1. The maximum absolute atomic E-state index is 12.0. The number of phenolic OH excluding ortho intramolecular Hbond substituents is 1. The lowest BCUT2D eigenvalue weighted by Crippen LogP contribution is -2.27. The number of carbonyl (C=O) groups is 1. The molecule has 0 spiro atoms. The van der Waals surface area contributed by atoms with Crippen LogP contribution in [0.2, 0.25) is 0 Å². The molecule has 0 saturated carbocycles. The third kappa shape index (κ3) is 4.51. The molecule has 0 radical (unpaired) electrons. The second-order valence-electron chi connectivity index (χ2n) is 4.17. The van der Waals surface area contributed by atoms with Gasteiger partial charge in [0.05, 0.1) is 11.3 Å². The fraction of sp³-hybridized carbons (Fsp3) is 0.429. The molecule has 0 aliphatic carbocycles. The molecule has 19 heavy (non-hydrogen) atoms. The zero-order chi connectivity index (χ0) is 14.4. The summed E-state index contributed by atoms with van der Waals surface area (Å²) < 4.78 is 0.727. The van der Waals surface area contributed by atoms with Gasteiger partial charge in [0, 0.05) is 13.1 Å². The molecule has 5 heteroatoms. The van der Waals surface area contributed by atoms with Crippen LogP contribution in [-0.4, -0.2) is 39.0 Å². The van der Waals surface area contributed by atoms with Gasteiger partial charge in [0.2, 0.25) is 0 Å². The van der Waals surface area contributed by atoms with Gasteiger partial charge in [0.25, 0.3) is 0 Å². The second kappa shape index (κ2) is 7.50. The Labute approximate surface area is 124 Å². The number of nitrogens with zero attached hydrogens (tertiary/aromatic N) is 1. The highest BCUT2D eigenvalue weighted by Crippen LogP contribution is 2.21. The summed E-state index contributed by atoms with van der Waals surface area (Å²) >= 11 is 6.62. The number of aryl methyl sites for hydroxylation is 1. The standard InChI is InChI=1S/C14H19NO2S2/c1-4-15(5-2)14(18)19-9-13(17)11-7-6-10(3)8-12(11)16/h6-8,16H,4-5,9H2,1-3H3. The summed E-state index contributed by atoms with van der Waals surface area (Å²) in [6, 6.07) is 5.08. The van der Waals surface area contributed by atoms with Gasteiger partial charge in [-0.25, -0.2) is 0 Å². The minimum Gasteiger partial charge on any atom is -0.507 e. The van der Waals surface area contributed by atoms with Gasteiger partial charge in [0.1, 0.15) is 10.1 Å². The van der Waals surface area contributed by atoms with Gasteiger partial charge >= 0.3 is 0 Å². The number of phenols is 1. The third-order valence-corrected chi connectivity index (χ3v) is 4.33. The predicted octanol–water partition coefficient (Wildman–Crippen LogP) is 3.24. The van der Waals surface area contributed by atoms with Gasteiger partial charge in [-0.3, -0.25) is 4.79 Å². The fourth-order valence-electron chi connectivity index (χ4n) is 1.66. The molecule has 0 aliphatic heterocycles. The van der Waals surface area contributed by atoms with Crippen LogP contribution in [0.25, 0.3) is 0 Å². The molecule has 0 unspecified atom stereocenters. The number of hydrogen-bond acceptors (Lipinski definition) is 4. The zero-order valence-electron chi connectivity index (χ0n) is 11.5. The SMILES string of the molecule is CCN(CC)C(=S)SCC(=O)c1ccc(C)cc1O. The Morgan fingerprint density at radius 3 is 2.53 bits per heavy atom. The molecule has 0 atom stereocenters. The molecular formula is C14H19NO2S2. The minimum absolute atomic E-state index is 0.0411. The Kier molecular flexibility index (Phi) is 6.31. The Hall–Kier alpha value is -1.07. The summed E-state index contributed by atoms with van der Waals surface area (Å²) in [6.07, 6.45) is 0. The van der Waals surface area contributed by atoms with E-state index in [1.165, 1.54) is 11.8 Å². The number of thioether (sulfide) groups is 1. The van der Waals surface area contributed by atoms with Crippen molar-refractivity contribution in [2.45, 2.75) is 20.8 Å². The Balaban J connectivity index is 2.63. The summed E-state index contributed by atoms with van der Waals surface area (Å²) in [4.78, 5) is 14.1. The van der Waals surface area contributed by atoms with Crippen LogP contribution >= 0.6 is 24.0 Å². The molecule has 0 aromatic heterocycles. The average molecular weight is 297 g/mol. The topological polar surface area (TPSA) is 40.5 Å². The first-order valence-electron chi connectivity index (χ1n) is 6.24. The van der Waals surface area contributed by atoms with Gasteiger partial charge in [0.15, 0.2) is 5.78 Å². The lowest BCUT2D eigenvalue weighted by molar-refractivity contribution is 0.102. The van der Waals surface area contributed by atoms with Crippen LogP contribution in [0.1, 0.15) is 29.8 Å². The first-order chi connectivity index (χ1) is 8.99. The first kappa shape index (κ1) is 16.0. The predicted molar refractivity (Wildman–Crippen MR) is 85.2 cm³/mol. The maximum Gasteiger partial charge on any atom is 0.176 e. The van der Waals surface area contributed by atoms with Gasteiger partial charge in [-0.2, -0.15) is 0 Å². The lowest BCUT2D eigenvalue weighted by atomic mass is 10.1. The monoisotopic (exact) mass is 297 g/mol. The van der Waals surface area contributed by atoms with Crippen LogP contribution in [0, 0.1) is 6.92 Å². The molecule has 0 amide bonds. The number of ketones is 1. The quantitative estimate of drug-likeness (QED) is 0.667. The van der Waals surface area contributed by atoms with Crippen molar-refractivity contribution < 1.29 is 9.90 Å². The molecule has 0 aliphatic rings. The van der Waals surface area contributed by atoms with Crippen LogP contribution in [0.15, 0.2) is 18.2 Å². The van der Waals surface area contributed by atoms with Crippen molar-refractivity contribution in [1.29, 1.82) is 0 Å². The van der Waals surface area contributed by atoms with Crippen LogP contribution in [-0.2, 0) is 0 Å². The fourth-order valence-corrected chi connectivity index (χ4v) is 2.94. The Bertz CT molecular complexity index is 471. The molecule has 1 N–H and O–H groups in total.